The molecule has 3 N–H and O–H groups in total. The zero-order valence-corrected chi connectivity index (χ0v) is 24.7. The van der Waals surface area contributed by atoms with Crippen LogP contribution in [-0.2, 0) is 32.8 Å². The van der Waals surface area contributed by atoms with Gasteiger partial charge >= 0.3 is 19.9 Å². The first-order valence-corrected chi connectivity index (χ1v) is 14.9. The van der Waals surface area contributed by atoms with Gasteiger partial charge in [-0.15, -0.1) is 0 Å². The summed E-state index contributed by atoms with van der Waals surface area (Å²) in [6.07, 6.45) is -2.54. The van der Waals surface area contributed by atoms with Crippen molar-refractivity contribution in [1.29, 1.82) is 0 Å². The fourth-order valence-corrected chi connectivity index (χ4v) is 6.29. The number of rotatable bonds is 10. The monoisotopic (exact) mass is 603 g/mol. The number of nitrogens with one attached hydrogen (secondary N) is 1. The highest BCUT2D eigenvalue weighted by Gasteiger charge is 2.58. The molecule has 0 spiro atoms. The number of para-hydroxylation sites is 1. The van der Waals surface area contributed by atoms with Gasteiger partial charge in [0.1, 0.15) is 23.4 Å². The van der Waals surface area contributed by atoms with Gasteiger partial charge in [-0.1, -0.05) is 39.0 Å². The van der Waals surface area contributed by atoms with E-state index in [1.165, 1.54) is 19.4 Å². The SMILES string of the molecule is CC(NP(=O)(Oc1ccccc1)OC(C)[C@H]1O[C@@H](n2cnc3c(N)ccnc32)C2OC(=O)OC21)C(=O)OCC(C)(C)C. The van der Waals surface area contributed by atoms with Crippen LogP contribution in [0.5, 0.6) is 5.75 Å². The highest BCUT2D eigenvalue weighted by molar-refractivity contribution is 7.52. The maximum Gasteiger partial charge on any atom is 0.509 e. The molecule has 0 saturated carbocycles. The average Bonchev–Trinajstić information content (AvgIpc) is 3.60. The lowest BCUT2D eigenvalue weighted by molar-refractivity contribution is -0.148. The molecule has 3 aromatic rings. The third kappa shape index (κ3) is 6.36. The number of nitrogens with two attached hydrogens (primary N) is 1. The molecule has 1 aromatic carbocycles. The van der Waals surface area contributed by atoms with Crippen LogP contribution in [0.1, 0.15) is 40.8 Å². The van der Waals surface area contributed by atoms with Gasteiger partial charge in [-0.2, -0.15) is 5.09 Å². The Kier molecular flexibility index (Phi) is 8.17. The molecule has 5 rings (SSSR count). The van der Waals surface area contributed by atoms with Crippen LogP contribution in [-0.4, -0.2) is 63.7 Å². The topological polar surface area (TPSA) is 175 Å². The second-order valence-electron chi connectivity index (χ2n) is 11.4. The van der Waals surface area contributed by atoms with E-state index in [4.69, 9.17) is 33.7 Å². The van der Waals surface area contributed by atoms with Crippen LogP contribution in [0.2, 0.25) is 0 Å². The number of hydrogen-bond donors (Lipinski definition) is 2. The molecule has 2 saturated heterocycles. The molecular formula is C27H34N5O9P. The number of carbonyl (C=O) groups excluding carboxylic acids is 2. The van der Waals surface area contributed by atoms with Gasteiger partial charge in [0, 0.05) is 6.20 Å². The summed E-state index contributed by atoms with van der Waals surface area (Å²) in [5.74, 6) is -0.393. The van der Waals surface area contributed by atoms with Crippen LogP contribution in [0.15, 0.2) is 48.9 Å². The van der Waals surface area contributed by atoms with Crippen LogP contribution >= 0.6 is 7.75 Å². The number of pyridine rings is 1. The van der Waals surface area contributed by atoms with Crippen molar-refractivity contribution < 1.29 is 42.1 Å². The Labute approximate surface area is 242 Å². The summed E-state index contributed by atoms with van der Waals surface area (Å²) in [6.45, 7) is 9.01. The number of hydrogen-bond acceptors (Lipinski definition) is 12. The molecule has 0 amide bonds. The van der Waals surface area contributed by atoms with Crippen LogP contribution < -0.4 is 15.3 Å². The Morgan fingerprint density at radius 1 is 1.14 bits per heavy atom. The van der Waals surface area contributed by atoms with E-state index in [-0.39, 0.29) is 17.8 Å². The van der Waals surface area contributed by atoms with Crippen LogP contribution in [0, 0.1) is 5.41 Å². The van der Waals surface area contributed by atoms with E-state index in [0.29, 0.717) is 16.9 Å². The summed E-state index contributed by atoms with van der Waals surface area (Å²) < 4.78 is 50.0. The summed E-state index contributed by atoms with van der Waals surface area (Å²) >= 11 is 0. The van der Waals surface area contributed by atoms with E-state index in [0.717, 1.165) is 0 Å². The zero-order chi connectivity index (χ0) is 30.2. The Bertz CT molecular complexity index is 1490. The molecule has 2 fully saturated rings. The number of carbonyl (C=O) groups is 2. The molecular weight excluding hydrogens is 569 g/mol. The highest BCUT2D eigenvalue weighted by Crippen LogP contribution is 2.49. The number of nitrogens with zero attached hydrogens (tertiary/aromatic N) is 3. The second kappa shape index (κ2) is 11.5. The third-order valence-corrected chi connectivity index (χ3v) is 8.31. The number of esters is 1. The van der Waals surface area contributed by atoms with Gasteiger partial charge in [-0.25, -0.2) is 19.3 Å². The van der Waals surface area contributed by atoms with Gasteiger partial charge in [0.2, 0.25) is 0 Å². The molecule has 226 valence electrons. The molecule has 2 aromatic heterocycles. The van der Waals surface area contributed by atoms with Gasteiger partial charge in [0.15, 0.2) is 24.1 Å². The lowest BCUT2D eigenvalue weighted by Gasteiger charge is -2.29. The number of ether oxygens (including phenoxy) is 4. The van der Waals surface area contributed by atoms with E-state index in [1.54, 1.807) is 47.9 Å². The van der Waals surface area contributed by atoms with E-state index in [9.17, 15) is 14.2 Å². The second-order valence-corrected chi connectivity index (χ2v) is 13.0. The molecule has 5 unspecified atom stereocenters. The van der Waals surface area contributed by atoms with Crippen molar-refractivity contribution in [1.82, 2.24) is 19.6 Å². The molecule has 42 heavy (non-hydrogen) atoms. The van der Waals surface area contributed by atoms with Crippen molar-refractivity contribution in [2.45, 2.75) is 71.3 Å². The van der Waals surface area contributed by atoms with E-state index in [2.05, 4.69) is 15.1 Å². The van der Waals surface area contributed by atoms with E-state index in [1.807, 2.05) is 20.8 Å². The number of fused-ring (bicyclic) bond motifs is 2. The molecule has 7 atom stereocenters. The molecule has 14 nitrogen and oxygen atoms in total. The van der Waals surface area contributed by atoms with Gasteiger partial charge in [0.25, 0.3) is 0 Å². The Morgan fingerprint density at radius 2 is 1.86 bits per heavy atom. The molecule has 4 heterocycles. The van der Waals surface area contributed by atoms with Crippen molar-refractivity contribution in [3.63, 3.8) is 0 Å². The van der Waals surface area contributed by atoms with Gasteiger partial charge in [-0.3, -0.25) is 13.9 Å². The lowest BCUT2D eigenvalue weighted by Crippen LogP contribution is -2.41. The maximum atomic E-state index is 14.1. The normalized spacial score (nSPS) is 24.7. The largest absolute Gasteiger partial charge is 0.509 e. The van der Waals surface area contributed by atoms with Crippen LogP contribution in [0.4, 0.5) is 10.5 Å². The third-order valence-electron chi connectivity index (χ3n) is 6.55. The Morgan fingerprint density at radius 3 is 2.57 bits per heavy atom. The van der Waals surface area contributed by atoms with Crippen molar-refractivity contribution in [2.24, 2.45) is 5.41 Å². The first-order chi connectivity index (χ1) is 19.8. The van der Waals surface area contributed by atoms with Crippen molar-refractivity contribution in [3.05, 3.63) is 48.9 Å². The van der Waals surface area contributed by atoms with Crippen LogP contribution in [0.3, 0.4) is 0 Å². The van der Waals surface area contributed by atoms with Gasteiger partial charge in [-0.05, 0) is 37.5 Å². The molecule has 0 aliphatic carbocycles. The molecule has 15 heteroatoms. The number of anilines is 1. The smallest absolute Gasteiger partial charge is 0.464 e. The summed E-state index contributed by atoms with van der Waals surface area (Å²) in [5, 5.41) is 2.67. The standard InChI is InChI=1S/C27H34N5O9P/c1-15(25(33)36-13-27(3,4)5)31-42(35,41-17-9-7-6-8-10-17)40-16(2)20-21-22(39-26(34)38-21)24(37-20)32-14-30-19-18(28)11-12-29-23(19)32/h6-12,14-16,20-22,24H,13H2,1-5H3,(H2,28,29)(H,31,35)/t15?,16?,20-,21?,22?,24-,42?/m1/s1. The predicted molar refractivity (Wildman–Crippen MR) is 149 cm³/mol. The summed E-state index contributed by atoms with van der Waals surface area (Å²) in [6, 6.07) is 8.92. The van der Waals surface area contributed by atoms with Crippen molar-refractivity contribution in [3.8, 4) is 5.75 Å². The summed E-state index contributed by atoms with van der Waals surface area (Å²) in [7, 11) is -4.26. The highest BCUT2D eigenvalue weighted by atomic mass is 31.2. The zero-order valence-electron chi connectivity index (χ0n) is 23.8. The number of imidazole rings is 1. The predicted octanol–water partition coefficient (Wildman–Crippen LogP) is 3.97. The minimum Gasteiger partial charge on any atom is -0.464 e. The van der Waals surface area contributed by atoms with E-state index < -0.39 is 56.6 Å². The maximum absolute atomic E-state index is 14.1. The first kappa shape index (κ1) is 29.8. The lowest BCUT2D eigenvalue weighted by atomic mass is 9.99. The van der Waals surface area contributed by atoms with Crippen LogP contribution in [0.25, 0.3) is 11.2 Å². The number of nitrogen functional groups attached to an aromatic ring is 1. The van der Waals surface area contributed by atoms with Gasteiger partial charge in [0.05, 0.1) is 24.7 Å². The molecule has 2 aliphatic rings. The van der Waals surface area contributed by atoms with E-state index >= 15 is 0 Å². The summed E-state index contributed by atoms with van der Waals surface area (Å²) in [5.41, 5.74) is 7.06. The minimum absolute atomic E-state index is 0.161. The first-order valence-electron chi connectivity index (χ1n) is 13.4. The van der Waals surface area contributed by atoms with Crippen molar-refractivity contribution >= 4 is 36.7 Å². The van der Waals surface area contributed by atoms with Crippen molar-refractivity contribution in [2.75, 3.05) is 12.3 Å². The Balaban J connectivity index is 1.38. The fourth-order valence-electron chi connectivity index (χ4n) is 4.60. The molecule has 2 aliphatic heterocycles. The summed E-state index contributed by atoms with van der Waals surface area (Å²) in [4.78, 5) is 33.6. The Hall–Kier alpha value is -3.71. The average molecular weight is 604 g/mol. The fraction of sp³-hybridized carbons (Fsp3) is 0.481. The quantitative estimate of drug-likeness (QED) is 0.252. The molecule has 0 radical (unpaired) electrons. The number of benzene rings is 1. The van der Waals surface area contributed by atoms with Gasteiger partial charge < -0.3 is 29.2 Å². The minimum atomic E-state index is -4.26. The number of aromatic nitrogens is 3. The molecule has 0 bridgehead atoms.